The van der Waals surface area contributed by atoms with E-state index in [9.17, 15) is 9.59 Å². The normalized spacial score (nSPS) is 19.5. The number of fused-ring (bicyclic) bond motifs is 1. The molecule has 2 amide bonds. The zero-order chi connectivity index (χ0) is 13.4. The van der Waals surface area contributed by atoms with Gasteiger partial charge in [0.05, 0.1) is 5.92 Å². The largest absolute Gasteiger partial charge is 0.296 e. The Balaban J connectivity index is 2.13. The lowest BCUT2D eigenvalue weighted by Gasteiger charge is -2.22. The number of nitrogens with zero attached hydrogens (tertiary/aromatic N) is 1. The van der Waals surface area contributed by atoms with Gasteiger partial charge in [-0.3, -0.25) is 14.9 Å². The molecule has 1 aliphatic rings. The van der Waals surface area contributed by atoms with E-state index in [1.807, 2.05) is 24.3 Å². The van der Waals surface area contributed by atoms with E-state index in [0.29, 0.717) is 12.8 Å². The van der Waals surface area contributed by atoms with Gasteiger partial charge in [-0.2, -0.15) is 0 Å². The van der Waals surface area contributed by atoms with Crippen molar-refractivity contribution in [2.75, 3.05) is 0 Å². The maximum absolute atomic E-state index is 12.0. The highest BCUT2D eigenvalue weighted by Crippen LogP contribution is 2.32. The minimum atomic E-state index is -0.268. The Hall–Kier alpha value is -1.75. The first kappa shape index (κ1) is 12.3. The van der Waals surface area contributed by atoms with Crippen LogP contribution in [0.5, 0.6) is 0 Å². The van der Waals surface area contributed by atoms with E-state index in [1.165, 1.54) is 0 Å². The van der Waals surface area contributed by atoms with E-state index in [-0.39, 0.29) is 17.7 Å². The fraction of sp³-hybridized carbons (Fsp3) is 0.214. The van der Waals surface area contributed by atoms with Crippen LogP contribution in [-0.2, 0) is 9.59 Å². The maximum atomic E-state index is 12.0. The second-order valence-corrected chi connectivity index (χ2v) is 5.30. The zero-order valence-electron chi connectivity index (χ0n) is 10.0. The van der Waals surface area contributed by atoms with Crippen LogP contribution < -0.4 is 5.32 Å². The molecule has 0 aliphatic carbocycles. The third-order valence-electron chi connectivity index (χ3n) is 3.41. The highest BCUT2D eigenvalue weighted by Gasteiger charge is 2.29. The number of amides is 2. The fourth-order valence-electron chi connectivity index (χ4n) is 2.49. The van der Waals surface area contributed by atoms with Gasteiger partial charge in [-0.1, -0.05) is 18.2 Å². The van der Waals surface area contributed by atoms with Gasteiger partial charge in [-0.25, -0.2) is 4.98 Å². The molecule has 5 heteroatoms. The molecule has 1 N–H and O–H groups in total. The molecule has 96 valence electrons. The number of hydrogen-bond acceptors (Lipinski definition) is 3. The summed E-state index contributed by atoms with van der Waals surface area (Å²) in [5.41, 5.74) is 0.950. The third-order valence-corrected chi connectivity index (χ3v) is 4.04. The summed E-state index contributed by atoms with van der Waals surface area (Å²) in [5, 5.41) is 4.38. The van der Waals surface area contributed by atoms with Crippen LogP contribution in [-0.4, -0.2) is 16.8 Å². The van der Waals surface area contributed by atoms with Crippen molar-refractivity contribution in [3.05, 3.63) is 40.6 Å². The van der Waals surface area contributed by atoms with Gasteiger partial charge in [-0.15, -0.1) is 0 Å². The number of pyridine rings is 1. The maximum Gasteiger partial charge on any atom is 0.234 e. The fourth-order valence-corrected chi connectivity index (χ4v) is 2.95. The second-order valence-electron chi connectivity index (χ2n) is 4.55. The van der Waals surface area contributed by atoms with Crippen LogP contribution in [0.2, 0.25) is 0 Å². The van der Waals surface area contributed by atoms with Crippen molar-refractivity contribution >= 4 is 38.5 Å². The van der Waals surface area contributed by atoms with Crippen molar-refractivity contribution in [3.8, 4) is 0 Å². The Kier molecular flexibility index (Phi) is 3.06. The van der Waals surface area contributed by atoms with Crippen molar-refractivity contribution < 1.29 is 9.59 Å². The van der Waals surface area contributed by atoms with Crippen LogP contribution in [0.25, 0.3) is 10.8 Å². The molecule has 1 fully saturated rings. The van der Waals surface area contributed by atoms with Crippen molar-refractivity contribution in [2.45, 2.75) is 18.8 Å². The number of nitrogens with one attached hydrogen (secondary N) is 1. The van der Waals surface area contributed by atoms with Gasteiger partial charge >= 0.3 is 0 Å². The number of piperidine rings is 1. The van der Waals surface area contributed by atoms with E-state index in [2.05, 4.69) is 26.2 Å². The minimum absolute atomic E-state index is 0.190. The number of halogens is 1. The molecule has 4 nitrogen and oxygen atoms in total. The predicted octanol–water partition coefficient (Wildman–Crippen LogP) is 2.52. The summed E-state index contributed by atoms with van der Waals surface area (Å²) >= 11 is 3.41. The zero-order valence-corrected chi connectivity index (χ0v) is 11.6. The Morgan fingerprint density at radius 3 is 2.84 bits per heavy atom. The molecule has 0 bridgehead atoms. The molecule has 1 atom stereocenters. The third kappa shape index (κ3) is 2.14. The average molecular weight is 319 g/mol. The molecule has 1 aliphatic heterocycles. The molecule has 1 saturated heterocycles. The van der Waals surface area contributed by atoms with Crippen LogP contribution in [0, 0.1) is 0 Å². The van der Waals surface area contributed by atoms with Crippen molar-refractivity contribution in [1.82, 2.24) is 10.3 Å². The van der Waals surface area contributed by atoms with Gasteiger partial charge < -0.3 is 0 Å². The van der Waals surface area contributed by atoms with Crippen LogP contribution in [0.1, 0.15) is 24.3 Å². The van der Waals surface area contributed by atoms with Crippen molar-refractivity contribution in [3.63, 3.8) is 0 Å². The van der Waals surface area contributed by atoms with Gasteiger partial charge in [0.15, 0.2) is 0 Å². The van der Waals surface area contributed by atoms with Gasteiger partial charge in [-0.05, 0) is 39.4 Å². The van der Waals surface area contributed by atoms with Crippen LogP contribution in [0.15, 0.2) is 35.1 Å². The van der Waals surface area contributed by atoms with Gasteiger partial charge in [0.2, 0.25) is 11.8 Å². The molecule has 0 spiro atoms. The lowest BCUT2D eigenvalue weighted by Crippen LogP contribution is -2.39. The van der Waals surface area contributed by atoms with Crippen molar-refractivity contribution in [2.24, 2.45) is 0 Å². The molecule has 1 aromatic carbocycles. The van der Waals surface area contributed by atoms with E-state index < -0.39 is 0 Å². The molecule has 0 radical (unpaired) electrons. The summed E-state index contributed by atoms with van der Waals surface area (Å²) in [6.45, 7) is 0. The quantitative estimate of drug-likeness (QED) is 0.649. The molecule has 3 rings (SSSR count). The molecule has 1 aromatic heterocycles. The van der Waals surface area contributed by atoms with Gasteiger partial charge in [0, 0.05) is 18.0 Å². The molecular formula is C14H11BrN2O2. The summed E-state index contributed by atoms with van der Waals surface area (Å²) in [6, 6.07) is 7.71. The minimum Gasteiger partial charge on any atom is -0.296 e. The van der Waals surface area contributed by atoms with Crippen LogP contribution in [0.4, 0.5) is 0 Å². The standard InChI is InChI=1S/C14H11BrN2O2/c15-13-10-3-1-2-8(9(10)6-7-16-13)11-4-5-12(18)17-14(11)19/h1-3,6-7,11H,4-5H2,(H,17,18,19). The van der Waals surface area contributed by atoms with E-state index in [0.717, 1.165) is 20.9 Å². The van der Waals surface area contributed by atoms with E-state index >= 15 is 0 Å². The van der Waals surface area contributed by atoms with E-state index in [4.69, 9.17) is 0 Å². The average Bonchev–Trinajstić information content (AvgIpc) is 2.39. The van der Waals surface area contributed by atoms with Crippen molar-refractivity contribution in [1.29, 1.82) is 0 Å². The van der Waals surface area contributed by atoms with Gasteiger partial charge in [0.1, 0.15) is 4.60 Å². The number of aromatic nitrogens is 1. The van der Waals surface area contributed by atoms with Crippen LogP contribution in [0.3, 0.4) is 0 Å². The number of carbonyl (C=O) groups is 2. The first-order valence-corrected chi connectivity index (χ1v) is 6.83. The lowest BCUT2D eigenvalue weighted by molar-refractivity contribution is -0.134. The second kappa shape index (κ2) is 4.74. The van der Waals surface area contributed by atoms with E-state index in [1.54, 1.807) is 6.20 Å². The topological polar surface area (TPSA) is 59.1 Å². The molecule has 2 aromatic rings. The first-order valence-electron chi connectivity index (χ1n) is 6.03. The summed E-state index contributed by atoms with van der Waals surface area (Å²) in [4.78, 5) is 27.4. The molecular weight excluding hydrogens is 308 g/mol. The smallest absolute Gasteiger partial charge is 0.234 e. The highest BCUT2D eigenvalue weighted by molar-refractivity contribution is 9.10. The Morgan fingerprint density at radius 2 is 2.05 bits per heavy atom. The summed E-state index contributed by atoms with van der Waals surface area (Å²) < 4.78 is 0.763. The SMILES string of the molecule is O=C1CCC(c2cccc3c(Br)nccc23)C(=O)N1. The summed E-state index contributed by atoms with van der Waals surface area (Å²) in [7, 11) is 0. The Morgan fingerprint density at radius 1 is 1.21 bits per heavy atom. The summed E-state index contributed by atoms with van der Waals surface area (Å²) in [6.07, 6.45) is 2.66. The molecule has 2 heterocycles. The summed E-state index contributed by atoms with van der Waals surface area (Å²) in [5.74, 6) is -0.670. The van der Waals surface area contributed by atoms with Crippen LogP contribution >= 0.6 is 15.9 Å². The number of rotatable bonds is 1. The number of benzene rings is 1. The molecule has 0 saturated carbocycles. The number of carbonyl (C=O) groups excluding carboxylic acids is 2. The lowest BCUT2D eigenvalue weighted by atomic mass is 9.88. The Labute approximate surface area is 118 Å². The first-order chi connectivity index (χ1) is 9.16. The predicted molar refractivity (Wildman–Crippen MR) is 74.6 cm³/mol. The van der Waals surface area contributed by atoms with Gasteiger partial charge in [0.25, 0.3) is 0 Å². The number of hydrogen-bond donors (Lipinski definition) is 1. The monoisotopic (exact) mass is 318 g/mol. The highest BCUT2D eigenvalue weighted by atomic mass is 79.9. The Bertz CT molecular complexity index is 684. The number of imide groups is 1. The molecule has 1 unspecified atom stereocenters. The molecule has 19 heavy (non-hydrogen) atoms.